The number of rotatable bonds is 32. The predicted octanol–water partition coefficient (Wildman–Crippen LogP) is 16.5. The standard InChI is InChI=1S/C21H24BrF3N6O3.C21H27BrN6O3.C20H27BrN6O4S.C19H25BrN6O2/c1-12-14(3-2-4-16(12)22)10-27-20-28-11-17(31(33)34)18(30-20)26-9-13-5-7-15(8-6-13)29-19(32)21(23,24)25;1-13-16(4-3-5-18(13)22)11-24-21-25-12-19(28(30)31)20(27-21)23-10-15-6-8-17(9-7-15)26-14(2)29;1-13-15(4-3-5-17(13)21)11-23-20-24-12-18(27(28)29)19(25-20)22-10-14-6-8-16(9-7-14)26-32(2,30)31;1-12-14(3-2-4-16(12)20)10-23-19-24-11-17(26(27)28)18(25-19)22-9-13-5-7-15(21)8-6-13/h2-4,11,13,15H,5-10H2,1H3,(H,29,32)(H2,26,27,28,30);3-5,12,15,17H,6-11H2,1-2H3,(H,26,29)(H2,23,24,25,27);3-5,12,14,16,26H,6-11H2,1-2H3,(H2,22,23,24,25);2-4,11,13,15H,5-10,21H2,1H3,(H2,22,23,24,25). The molecule has 4 aliphatic rings. The number of anilines is 8. The van der Waals surface area contributed by atoms with Crippen molar-refractivity contribution in [1.82, 2.24) is 55.2 Å². The Morgan fingerprint density at radius 3 is 0.904 bits per heavy atom. The summed E-state index contributed by atoms with van der Waals surface area (Å²) in [4.78, 5) is 99.5. The zero-order valence-corrected chi connectivity index (χ0v) is 76.9. The normalized spacial score (nSPS) is 18.6. The van der Waals surface area contributed by atoms with Crippen LogP contribution < -0.4 is 63.6 Å². The summed E-state index contributed by atoms with van der Waals surface area (Å²) in [6.07, 6.45) is 13.9. The number of nitrogens with zero attached hydrogens (tertiary/aromatic N) is 12. The largest absolute Gasteiger partial charge is 0.471 e. The van der Waals surface area contributed by atoms with Gasteiger partial charge in [0.05, 0.1) is 25.9 Å². The molecule has 0 aliphatic heterocycles. The number of aromatic nitrogens is 8. The Labute approximate surface area is 755 Å². The number of alkyl halides is 3. The van der Waals surface area contributed by atoms with E-state index in [0.717, 1.165) is 146 Å². The molecule has 4 heterocycles. The van der Waals surface area contributed by atoms with Crippen molar-refractivity contribution in [3.63, 3.8) is 0 Å². The molecule has 0 radical (unpaired) electrons. The zero-order valence-electron chi connectivity index (χ0n) is 69.7. The summed E-state index contributed by atoms with van der Waals surface area (Å²) in [6.45, 7) is 13.6. The van der Waals surface area contributed by atoms with E-state index in [9.17, 15) is 71.6 Å². The summed E-state index contributed by atoms with van der Waals surface area (Å²) in [7, 11) is -3.21. The molecule has 44 heteroatoms. The van der Waals surface area contributed by atoms with Gasteiger partial charge in [-0.2, -0.15) is 33.1 Å². The molecule has 13 N–H and O–H groups in total. The van der Waals surface area contributed by atoms with Crippen LogP contribution in [0.25, 0.3) is 0 Å². The Hall–Kier alpha value is -10.3. The van der Waals surface area contributed by atoms with Gasteiger partial charge in [-0.25, -0.2) is 33.1 Å². The molecule has 674 valence electrons. The first-order valence-electron chi connectivity index (χ1n) is 40.7. The van der Waals surface area contributed by atoms with Gasteiger partial charge in [-0.3, -0.25) is 50.0 Å². The maximum absolute atomic E-state index is 12.4. The number of hydrogen-bond acceptors (Lipinski definition) is 29. The smallest absolute Gasteiger partial charge is 0.364 e. The number of hydrogen-bond donors (Lipinski definition) is 12. The molecule has 4 fully saturated rings. The Bertz CT molecular complexity index is 5170. The Kier molecular flexibility index (Phi) is 37.3. The molecule has 4 aromatic carbocycles. The quantitative estimate of drug-likeness (QED) is 0.0138. The van der Waals surface area contributed by atoms with Gasteiger partial charge >= 0.3 is 34.8 Å². The van der Waals surface area contributed by atoms with E-state index in [-0.39, 0.29) is 87.8 Å². The highest BCUT2D eigenvalue weighted by Gasteiger charge is 2.40. The first kappa shape index (κ1) is 98.5. The third-order valence-corrected chi connectivity index (χ3v) is 26.4. The second-order valence-electron chi connectivity index (χ2n) is 31.3. The summed E-state index contributed by atoms with van der Waals surface area (Å²) in [5.74, 6) is 1.20. The topological polar surface area (TPSA) is 502 Å². The number of carbonyl (C=O) groups is 2. The molecular weight excluding hydrogens is 1910 g/mol. The van der Waals surface area contributed by atoms with E-state index < -0.39 is 47.8 Å². The highest BCUT2D eigenvalue weighted by Crippen LogP contribution is 2.35. The van der Waals surface area contributed by atoms with Crippen molar-refractivity contribution in [1.29, 1.82) is 0 Å². The van der Waals surface area contributed by atoms with E-state index in [1.807, 2.05) is 106 Å². The van der Waals surface area contributed by atoms with Crippen molar-refractivity contribution < 1.29 is 50.9 Å². The number of carbonyl (C=O) groups excluding carboxylic acids is 2. The average molecular weight is 2010 g/mol. The maximum atomic E-state index is 12.4. The van der Waals surface area contributed by atoms with E-state index in [1.54, 1.807) is 0 Å². The number of halogens is 7. The first-order valence-corrected chi connectivity index (χ1v) is 45.8. The van der Waals surface area contributed by atoms with Crippen LogP contribution in [0, 0.1) is 91.8 Å². The van der Waals surface area contributed by atoms with Crippen molar-refractivity contribution in [3.8, 4) is 0 Å². The second kappa shape index (κ2) is 47.3. The molecule has 12 rings (SSSR count). The number of nitrogens with one attached hydrogen (secondary N) is 11. The molecule has 4 aromatic heterocycles. The SMILES string of the molecule is CC(=O)NC1CCC(CNc2nc(NCc3cccc(Br)c3C)ncc2[N+](=O)[O-])CC1.Cc1c(Br)cccc1CNc1ncc([N+](=O)[O-])c(NCC2CCC(N)CC2)n1.Cc1c(Br)cccc1CNc1ncc([N+](=O)[O-])c(NCC2CCC(NC(=O)C(F)(F)F)CC2)n1.Cc1c(Br)cccc1CNc1ncc([N+](=O)[O-])c(NCC2CCC(NS(C)(=O)=O)CC2)n1. The number of sulfonamides is 1. The van der Waals surface area contributed by atoms with Crippen molar-refractivity contribution in [2.75, 3.05) is 75.0 Å². The van der Waals surface area contributed by atoms with Crippen molar-refractivity contribution in [3.05, 3.63) is 200 Å². The lowest BCUT2D eigenvalue weighted by molar-refractivity contribution is -0.384. The summed E-state index contributed by atoms with van der Waals surface area (Å²) in [5, 5.41) is 75.5. The van der Waals surface area contributed by atoms with E-state index in [0.29, 0.717) is 108 Å². The van der Waals surface area contributed by atoms with Gasteiger partial charge in [0.25, 0.3) is 0 Å². The van der Waals surface area contributed by atoms with Crippen molar-refractivity contribution in [2.45, 2.75) is 194 Å². The Morgan fingerprint density at radius 2 is 0.664 bits per heavy atom. The summed E-state index contributed by atoms with van der Waals surface area (Å²) < 4.78 is 66.7. The fraction of sp³-hybridized carbons (Fsp3) is 0.481. The third kappa shape index (κ3) is 31.4. The average Bonchev–Trinajstić information content (AvgIpc) is 0.842. The minimum atomic E-state index is -4.90. The van der Waals surface area contributed by atoms with Gasteiger partial charge in [0, 0.05) is 101 Å². The molecule has 125 heavy (non-hydrogen) atoms. The van der Waals surface area contributed by atoms with Gasteiger partial charge in [-0.05, 0) is 223 Å². The molecule has 0 unspecified atom stereocenters. The van der Waals surface area contributed by atoms with Gasteiger partial charge in [-0.1, -0.05) is 112 Å². The molecule has 4 saturated carbocycles. The van der Waals surface area contributed by atoms with Crippen LogP contribution in [0.3, 0.4) is 0 Å². The van der Waals surface area contributed by atoms with E-state index in [1.165, 1.54) is 31.8 Å². The lowest BCUT2D eigenvalue weighted by Gasteiger charge is -2.29. The molecule has 0 atom stereocenters. The van der Waals surface area contributed by atoms with Crippen LogP contribution in [0.5, 0.6) is 0 Å². The van der Waals surface area contributed by atoms with Crippen LogP contribution in [0.15, 0.2) is 115 Å². The molecule has 2 amide bonds. The lowest BCUT2D eigenvalue weighted by Crippen LogP contribution is -2.44. The fourth-order valence-corrected chi connectivity index (χ4v) is 17.2. The van der Waals surface area contributed by atoms with Crippen LogP contribution >= 0.6 is 63.7 Å². The summed E-state index contributed by atoms with van der Waals surface area (Å²) >= 11 is 14.0. The van der Waals surface area contributed by atoms with Gasteiger partial charge in [0.1, 0.15) is 24.8 Å². The molecule has 0 spiro atoms. The van der Waals surface area contributed by atoms with Crippen LogP contribution in [0.1, 0.15) is 154 Å². The minimum Gasteiger partial charge on any atom is -0.364 e. The number of nitrogens with two attached hydrogens (primary N) is 1. The minimum absolute atomic E-state index is 0.00345. The number of amides is 2. The van der Waals surface area contributed by atoms with Crippen molar-refractivity contribution >= 4 is 155 Å². The van der Waals surface area contributed by atoms with E-state index in [4.69, 9.17) is 5.73 Å². The summed E-state index contributed by atoms with van der Waals surface area (Å²) in [5.41, 5.74) is 13.9. The first-order chi connectivity index (χ1) is 59.4. The predicted molar refractivity (Wildman–Crippen MR) is 487 cm³/mol. The van der Waals surface area contributed by atoms with Gasteiger partial charge in [0.2, 0.25) is 63.0 Å². The van der Waals surface area contributed by atoms with E-state index in [2.05, 4.69) is 156 Å². The molecule has 8 aromatic rings. The second-order valence-corrected chi connectivity index (χ2v) is 36.5. The molecule has 36 nitrogen and oxygen atoms in total. The number of benzene rings is 4. The van der Waals surface area contributed by atoms with Gasteiger partial charge < -0.3 is 58.9 Å². The lowest BCUT2D eigenvalue weighted by atomic mass is 9.86. The molecule has 4 aliphatic carbocycles. The summed E-state index contributed by atoms with van der Waals surface area (Å²) in [6, 6.07) is 23.5. The van der Waals surface area contributed by atoms with Crippen LogP contribution in [-0.2, 0) is 45.8 Å². The molecule has 0 bridgehead atoms. The van der Waals surface area contributed by atoms with Gasteiger partial charge in [0.15, 0.2) is 0 Å². The maximum Gasteiger partial charge on any atom is 0.471 e. The van der Waals surface area contributed by atoms with Crippen LogP contribution in [0.2, 0.25) is 0 Å². The third-order valence-electron chi connectivity index (χ3n) is 22.2. The van der Waals surface area contributed by atoms with Crippen LogP contribution in [0.4, 0.5) is 83.0 Å². The molecule has 0 saturated heterocycles. The Morgan fingerprint density at radius 1 is 0.416 bits per heavy atom. The Balaban J connectivity index is 0.000000189. The number of nitro groups is 4. The van der Waals surface area contributed by atoms with Gasteiger partial charge in [-0.15, -0.1) is 0 Å². The molecular formula is C81H103Br4F3N24O12S. The fourth-order valence-electron chi connectivity index (χ4n) is 14.7. The highest BCUT2D eigenvalue weighted by molar-refractivity contribution is 9.11. The van der Waals surface area contributed by atoms with Crippen molar-refractivity contribution in [2.24, 2.45) is 29.4 Å². The van der Waals surface area contributed by atoms with Crippen LogP contribution in [-0.4, -0.2) is 143 Å². The zero-order chi connectivity index (χ0) is 90.7. The highest BCUT2D eigenvalue weighted by atomic mass is 79.9. The van der Waals surface area contributed by atoms with E-state index >= 15 is 0 Å². The monoisotopic (exact) mass is 2010 g/mol.